The van der Waals surface area contributed by atoms with Gasteiger partial charge in [-0.25, -0.2) is 4.98 Å². The van der Waals surface area contributed by atoms with Crippen molar-refractivity contribution in [2.24, 2.45) is 0 Å². The van der Waals surface area contributed by atoms with E-state index in [1.54, 1.807) is 6.08 Å². The van der Waals surface area contributed by atoms with Crippen molar-refractivity contribution in [3.63, 3.8) is 0 Å². The molecule has 5 nitrogen and oxygen atoms in total. The van der Waals surface area contributed by atoms with E-state index in [0.717, 1.165) is 11.3 Å². The maximum atomic E-state index is 9.66. The van der Waals surface area contributed by atoms with Crippen molar-refractivity contribution in [1.82, 2.24) is 4.98 Å². The summed E-state index contributed by atoms with van der Waals surface area (Å²) in [5.74, 6) is 1.19. The van der Waals surface area contributed by atoms with Crippen LogP contribution in [0.1, 0.15) is 10.6 Å². The van der Waals surface area contributed by atoms with Crippen LogP contribution in [-0.2, 0) is 0 Å². The second-order valence-electron chi connectivity index (χ2n) is 5.61. The van der Waals surface area contributed by atoms with Crippen molar-refractivity contribution < 1.29 is 14.6 Å². The van der Waals surface area contributed by atoms with Crippen LogP contribution in [0.4, 0.5) is 0 Å². The van der Waals surface area contributed by atoms with Gasteiger partial charge in [-0.1, -0.05) is 23.2 Å². The predicted octanol–water partition coefficient (Wildman–Crippen LogP) is 5.62. The number of benzene rings is 2. The smallest absolute Gasteiger partial charge is 0.231 e. The van der Waals surface area contributed by atoms with E-state index < -0.39 is 0 Å². The second-order valence-corrected chi connectivity index (χ2v) is 7.28. The molecule has 0 saturated carbocycles. The number of phenols is 1. The fourth-order valence-corrected chi connectivity index (χ4v) is 3.86. The van der Waals surface area contributed by atoms with Gasteiger partial charge >= 0.3 is 0 Å². The molecule has 1 aliphatic heterocycles. The maximum Gasteiger partial charge on any atom is 0.231 e. The lowest BCUT2D eigenvalue weighted by molar-refractivity contribution is 0.174. The van der Waals surface area contributed by atoms with Gasteiger partial charge in [0.1, 0.15) is 11.1 Å². The van der Waals surface area contributed by atoms with Crippen LogP contribution < -0.4 is 9.47 Å². The summed E-state index contributed by atoms with van der Waals surface area (Å²) in [6.07, 6.45) is 1.62. The zero-order valence-corrected chi connectivity index (χ0v) is 15.9. The molecule has 0 saturated heterocycles. The topological polar surface area (TPSA) is 75.4 Å². The standard InChI is InChI=1S/C19H10Cl2N2O3S/c20-13-4-10(5-14(21)18(13)24)3-12(7-22)19-23-15(8-27-19)11-1-2-16-17(6-11)26-9-25-16/h1-6,8,24H,9H2/b12-3+. The minimum atomic E-state index is -0.187. The van der Waals surface area contributed by atoms with E-state index in [1.165, 1.54) is 23.5 Å². The first-order valence-electron chi connectivity index (χ1n) is 7.71. The molecule has 27 heavy (non-hydrogen) atoms. The van der Waals surface area contributed by atoms with Crippen molar-refractivity contribution in [2.75, 3.05) is 6.79 Å². The van der Waals surface area contributed by atoms with E-state index in [2.05, 4.69) is 11.1 Å². The number of allylic oxidation sites excluding steroid dienone is 1. The number of halogens is 2. The van der Waals surface area contributed by atoms with Gasteiger partial charge in [-0.15, -0.1) is 11.3 Å². The summed E-state index contributed by atoms with van der Waals surface area (Å²) in [6, 6.07) is 10.8. The summed E-state index contributed by atoms with van der Waals surface area (Å²) >= 11 is 13.2. The molecule has 4 rings (SSSR count). The number of nitriles is 1. The van der Waals surface area contributed by atoms with Crippen molar-refractivity contribution in [2.45, 2.75) is 0 Å². The molecule has 2 aromatic carbocycles. The third kappa shape index (κ3) is 3.45. The number of thiazole rings is 1. The largest absolute Gasteiger partial charge is 0.505 e. The van der Waals surface area contributed by atoms with Gasteiger partial charge in [-0.2, -0.15) is 5.26 Å². The number of fused-ring (bicyclic) bond motifs is 1. The molecular formula is C19H10Cl2N2O3S. The van der Waals surface area contributed by atoms with Crippen molar-refractivity contribution in [3.05, 3.63) is 56.3 Å². The molecule has 1 aliphatic rings. The molecule has 0 atom stereocenters. The number of hydrogen-bond acceptors (Lipinski definition) is 6. The highest BCUT2D eigenvalue weighted by molar-refractivity contribution is 7.11. The molecule has 0 spiro atoms. The molecular weight excluding hydrogens is 407 g/mol. The Labute approximate surface area is 168 Å². The summed E-state index contributed by atoms with van der Waals surface area (Å²) < 4.78 is 10.7. The molecule has 3 aromatic rings. The Hall–Kier alpha value is -2.72. The van der Waals surface area contributed by atoms with Gasteiger partial charge in [0.25, 0.3) is 0 Å². The molecule has 1 aromatic heterocycles. The molecule has 134 valence electrons. The summed E-state index contributed by atoms with van der Waals surface area (Å²) in [6.45, 7) is 0.209. The lowest BCUT2D eigenvalue weighted by Crippen LogP contribution is -1.92. The third-order valence-electron chi connectivity index (χ3n) is 3.87. The number of ether oxygens (including phenoxy) is 2. The lowest BCUT2D eigenvalue weighted by atomic mass is 10.1. The van der Waals surface area contributed by atoms with Gasteiger partial charge in [0, 0.05) is 10.9 Å². The average molecular weight is 417 g/mol. The first-order valence-corrected chi connectivity index (χ1v) is 9.34. The number of aromatic hydroxyl groups is 1. The van der Waals surface area contributed by atoms with Gasteiger partial charge in [0.05, 0.1) is 21.3 Å². The van der Waals surface area contributed by atoms with Gasteiger partial charge in [0.15, 0.2) is 17.2 Å². The molecule has 0 amide bonds. The summed E-state index contributed by atoms with van der Waals surface area (Å²) in [5, 5.41) is 21.9. The zero-order chi connectivity index (χ0) is 19.0. The fraction of sp³-hybridized carbons (Fsp3) is 0.0526. The second kappa shape index (κ2) is 7.12. The van der Waals surface area contributed by atoms with Crippen LogP contribution in [0.2, 0.25) is 10.0 Å². The molecule has 0 radical (unpaired) electrons. The third-order valence-corrected chi connectivity index (χ3v) is 5.33. The van der Waals surface area contributed by atoms with Crippen LogP contribution in [0.25, 0.3) is 22.9 Å². The Balaban J connectivity index is 1.68. The monoisotopic (exact) mass is 416 g/mol. The van der Waals surface area contributed by atoms with Crippen LogP contribution in [0, 0.1) is 11.3 Å². The Kier molecular flexibility index (Phi) is 4.66. The zero-order valence-electron chi connectivity index (χ0n) is 13.6. The molecule has 0 unspecified atom stereocenters. The highest BCUT2D eigenvalue weighted by Crippen LogP contribution is 2.37. The van der Waals surface area contributed by atoms with E-state index in [-0.39, 0.29) is 22.6 Å². The van der Waals surface area contributed by atoms with Gasteiger partial charge in [0.2, 0.25) is 6.79 Å². The highest BCUT2D eigenvalue weighted by Gasteiger charge is 2.16. The number of hydrogen-bond donors (Lipinski definition) is 1. The lowest BCUT2D eigenvalue weighted by Gasteiger charge is -2.02. The molecule has 8 heteroatoms. The summed E-state index contributed by atoms with van der Waals surface area (Å²) in [5.41, 5.74) is 2.56. The maximum absolute atomic E-state index is 9.66. The van der Waals surface area contributed by atoms with E-state index >= 15 is 0 Å². The Morgan fingerprint density at radius 1 is 1.19 bits per heavy atom. The first kappa shape index (κ1) is 17.7. The number of rotatable bonds is 3. The van der Waals surface area contributed by atoms with E-state index in [9.17, 15) is 10.4 Å². The number of aromatic nitrogens is 1. The fourth-order valence-electron chi connectivity index (χ4n) is 2.56. The molecule has 2 heterocycles. The van der Waals surface area contributed by atoms with E-state index in [4.69, 9.17) is 32.7 Å². The minimum absolute atomic E-state index is 0.117. The van der Waals surface area contributed by atoms with Crippen LogP contribution in [0.5, 0.6) is 17.2 Å². The summed E-state index contributed by atoms with van der Waals surface area (Å²) in [4.78, 5) is 4.55. The quantitative estimate of drug-likeness (QED) is 0.561. The molecule has 0 fully saturated rings. The van der Waals surface area contributed by atoms with Gasteiger partial charge in [-0.05, 0) is 42.0 Å². The summed E-state index contributed by atoms with van der Waals surface area (Å²) in [7, 11) is 0. The Bertz CT molecular complexity index is 1100. The molecule has 0 bridgehead atoms. The van der Waals surface area contributed by atoms with E-state index in [0.29, 0.717) is 27.6 Å². The SMILES string of the molecule is N#C/C(=C\c1cc(Cl)c(O)c(Cl)c1)c1nc(-c2ccc3c(c2)OCO3)cs1. The highest BCUT2D eigenvalue weighted by atomic mass is 35.5. The van der Waals surface area contributed by atoms with Crippen LogP contribution in [0.3, 0.4) is 0 Å². The van der Waals surface area contributed by atoms with Crippen LogP contribution >= 0.6 is 34.5 Å². The van der Waals surface area contributed by atoms with Crippen LogP contribution in [0.15, 0.2) is 35.7 Å². The van der Waals surface area contributed by atoms with E-state index in [1.807, 2.05) is 23.6 Å². The Morgan fingerprint density at radius 2 is 1.93 bits per heavy atom. The van der Waals surface area contributed by atoms with Gasteiger partial charge in [-0.3, -0.25) is 0 Å². The van der Waals surface area contributed by atoms with Gasteiger partial charge < -0.3 is 14.6 Å². The van der Waals surface area contributed by atoms with Crippen LogP contribution in [-0.4, -0.2) is 16.9 Å². The minimum Gasteiger partial charge on any atom is -0.505 e. The van der Waals surface area contributed by atoms with Crippen molar-refractivity contribution in [1.29, 1.82) is 5.26 Å². The predicted molar refractivity (Wildman–Crippen MR) is 105 cm³/mol. The molecule has 0 aliphatic carbocycles. The van der Waals surface area contributed by atoms with Crippen molar-refractivity contribution >= 4 is 46.2 Å². The number of nitrogens with zero attached hydrogens (tertiary/aromatic N) is 2. The molecule has 1 N–H and O–H groups in total. The number of phenolic OH excluding ortho intramolecular Hbond substituents is 1. The first-order chi connectivity index (χ1) is 13.0. The average Bonchev–Trinajstić information content (AvgIpc) is 3.32. The Morgan fingerprint density at radius 3 is 2.67 bits per heavy atom. The normalized spacial score (nSPS) is 12.9. The van der Waals surface area contributed by atoms with Crippen molar-refractivity contribution in [3.8, 4) is 34.6 Å².